The smallest absolute Gasteiger partial charge is 0.433 e. The number of para-hydroxylation sites is 2. The molecule has 1 heterocycles. The molecule has 1 saturated heterocycles. The molecule has 2 atom stereocenters. The fraction of sp³-hybridized carbons (Fsp3) is 0.263. The predicted octanol–water partition coefficient (Wildman–Crippen LogP) is 4.29. The summed E-state index contributed by atoms with van der Waals surface area (Å²) < 4.78 is 20.3. The summed E-state index contributed by atoms with van der Waals surface area (Å²) in [5.41, 5.74) is 0. The van der Waals surface area contributed by atoms with Gasteiger partial charge in [0.25, 0.3) is 0 Å². The minimum atomic E-state index is -0.720. The molecule has 0 amide bonds. The first kappa shape index (κ1) is 18.1. The highest BCUT2D eigenvalue weighted by molar-refractivity contribution is 8.01. The van der Waals surface area contributed by atoms with Crippen molar-refractivity contribution in [3.63, 3.8) is 0 Å². The van der Waals surface area contributed by atoms with E-state index in [9.17, 15) is 9.59 Å². The van der Waals surface area contributed by atoms with Gasteiger partial charge in [-0.1, -0.05) is 36.4 Å². The van der Waals surface area contributed by atoms with Crippen LogP contribution in [0.15, 0.2) is 60.7 Å². The quantitative estimate of drug-likeness (QED) is 0.552. The Hall–Kier alpha value is -2.67. The Morgan fingerprint density at radius 1 is 0.769 bits per heavy atom. The van der Waals surface area contributed by atoms with Crippen LogP contribution in [0.25, 0.3) is 0 Å². The highest BCUT2D eigenvalue weighted by atomic mass is 32.2. The van der Waals surface area contributed by atoms with Gasteiger partial charge >= 0.3 is 12.3 Å². The van der Waals surface area contributed by atoms with Gasteiger partial charge in [-0.3, -0.25) is 0 Å². The minimum absolute atomic E-state index is 0.178. The lowest BCUT2D eigenvalue weighted by atomic mass is 10.2. The molecule has 0 bridgehead atoms. The van der Waals surface area contributed by atoms with E-state index in [4.69, 9.17) is 18.9 Å². The number of thioether (sulfide) groups is 1. The first-order valence-corrected chi connectivity index (χ1v) is 9.08. The van der Waals surface area contributed by atoms with Crippen molar-refractivity contribution < 1.29 is 28.5 Å². The third-order valence-electron chi connectivity index (χ3n) is 3.57. The molecule has 0 aliphatic carbocycles. The monoisotopic (exact) mass is 374 g/mol. The second-order valence-corrected chi connectivity index (χ2v) is 7.17. The maximum atomic E-state index is 11.6. The van der Waals surface area contributed by atoms with Crippen molar-refractivity contribution in [1.29, 1.82) is 0 Å². The highest BCUT2D eigenvalue weighted by Gasteiger charge is 2.32. The van der Waals surface area contributed by atoms with Gasteiger partial charge in [-0.2, -0.15) is 0 Å². The van der Waals surface area contributed by atoms with Crippen LogP contribution in [0.5, 0.6) is 11.5 Å². The summed E-state index contributed by atoms with van der Waals surface area (Å²) in [5, 5.41) is 0.356. The van der Waals surface area contributed by atoms with Gasteiger partial charge in [-0.25, -0.2) is 9.59 Å². The molecule has 0 aromatic heterocycles. The normalized spacial score (nSPS) is 18.3. The number of benzene rings is 2. The third kappa shape index (κ3) is 5.70. The van der Waals surface area contributed by atoms with Crippen molar-refractivity contribution in [3.05, 3.63) is 60.7 Å². The Bertz CT molecular complexity index is 654. The van der Waals surface area contributed by atoms with Crippen LogP contribution in [0, 0.1) is 0 Å². The molecule has 2 aromatic rings. The van der Waals surface area contributed by atoms with Crippen LogP contribution in [0.2, 0.25) is 0 Å². The van der Waals surface area contributed by atoms with Gasteiger partial charge in [-0.05, 0) is 30.7 Å². The van der Waals surface area contributed by atoms with Crippen molar-refractivity contribution >= 4 is 24.1 Å². The molecule has 26 heavy (non-hydrogen) atoms. The zero-order valence-corrected chi connectivity index (χ0v) is 14.7. The number of rotatable bonds is 6. The zero-order valence-electron chi connectivity index (χ0n) is 13.9. The fourth-order valence-electron chi connectivity index (χ4n) is 2.32. The maximum absolute atomic E-state index is 11.6. The van der Waals surface area contributed by atoms with Gasteiger partial charge in [0.05, 0.1) is 0 Å². The molecule has 7 heteroatoms. The van der Waals surface area contributed by atoms with E-state index in [1.165, 1.54) is 0 Å². The standard InChI is InChI=1S/C19H18O6S/c20-18(24-14-7-3-1-4-8-14)22-12-16-11-17(26-16)13-23-19(21)25-15-9-5-2-6-10-15/h1-10,16-17H,11-13H2. The van der Waals surface area contributed by atoms with Gasteiger partial charge in [0, 0.05) is 10.5 Å². The highest BCUT2D eigenvalue weighted by Crippen LogP contribution is 2.36. The van der Waals surface area contributed by atoms with E-state index in [1.54, 1.807) is 60.3 Å². The summed E-state index contributed by atoms with van der Waals surface area (Å²) in [6.07, 6.45) is -0.645. The molecule has 0 N–H and O–H groups in total. The SMILES string of the molecule is O=C(OCC1CC(COC(=O)Oc2ccccc2)S1)Oc1ccccc1. The fourth-order valence-corrected chi connectivity index (χ4v) is 3.49. The van der Waals surface area contributed by atoms with Crippen molar-refractivity contribution in [2.24, 2.45) is 0 Å². The van der Waals surface area contributed by atoms with E-state index in [0.717, 1.165) is 6.42 Å². The van der Waals surface area contributed by atoms with Crippen LogP contribution in [-0.2, 0) is 9.47 Å². The maximum Gasteiger partial charge on any atom is 0.513 e. The number of ether oxygens (including phenoxy) is 4. The zero-order chi connectivity index (χ0) is 18.2. The Labute approximate surface area is 155 Å². The summed E-state index contributed by atoms with van der Waals surface area (Å²) in [6.45, 7) is 0.530. The molecule has 1 aliphatic heterocycles. The van der Waals surface area contributed by atoms with Crippen LogP contribution < -0.4 is 9.47 Å². The van der Waals surface area contributed by atoms with Crippen molar-refractivity contribution in [3.8, 4) is 11.5 Å². The first-order valence-electron chi connectivity index (χ1n) is 8.14. The van der Waals surface area contributed by atoms with Crippen LogP contribution in [0.1, 0.15) is 6.42 Å². The predicted molar refractivity (Wildman–Crippen MR) is 96.6 cm³/mol. The minimum Gasteiger partial charge on any atom is -0.433 e. The van der Waals surface area contributed by atoms with E-state index in [0.29, 0.717) is 11.5 Å². The van der Waals surface area contributed by atoms with E-state index in [2.05, 4.69) is 0 Å². The van der Waals surface area contributed by atoms with Gasteiger partial charge in [0.1, 0.15) is 24.7 Å². The molecule has 6 nitrogen and oxygen atoms in total. The molecule has 1 aliphatic rings. The molecular formula is C19H18O6S. The van der Waals surface area contributed by atoms with E-state index in [-0.39, 0.29) is 23.7 Å². The molecule has 1 fully saturated rings. The van der Waals surface area contributed by atoms with Crippen molar-refractivity contribution in [1.82, 2.24) is 0 Å². The molecule has 2 unspecified atom stereocenters. The Morgan fingerprint density at radius 3 is 1.54 bits per heavy atom. The Balaban J connectivity index is 1.26. The largest absolute Gasteiger partial charge is 0.513 e. The summed E-state index contributed by atoms with van der Waals surface area (Å²) in [5.74, 6) is 0.893. The summed E-state index contributed by atoms with van der Waals surface area (Å²) in [7, 11) is 0. The number of hydrogen-bond donors (Lipinski definition) is 0. The molecule has 0 radical (unpaired) electrons. The van der Waals surface area contributed by atoms with Gasteiger partial charge in [0.15, 0.2) is 0 Å². The van der Waals surface area contributed by atoms with Gasteiger partial charge < -0.3 is 18.9 Å². The molecule has 2 aromatic carbocycles. The number of hydrogen-bond acceptors (Lipinski definition) is 7. The molecule has 136 valence electrons. The first-order chi connectivity index (χ1) is 12.7. The van der Waals surface area contributed by atoms with E-state index in [1.807, 2.05) is 12.1 Å². The van der Waals surface area contributed by atoms with Crippen LogP contribution in [-0.4, -0.2) is 36.0 Å². The Kier molecular flexibility index (Phi) is 6.38. The molecule has 0 saturated carbocycles. The van der Waals surface area contributed by atoms with Gasteiger partial charge in [-0.15, -0.1) is 11.8 Å². The van der Waals surface area contributed by atoms with E-state index >= 15 is 0 Å². The summed E-state index contributed by atoms with van der Waals surface area (Å²) >= 11 is 1.60. The molecule has 3 rings (SSSR count). The van der Waals surface area contributed by atoms with Crippen molar-refractivity contribution in [2.75, 3.05) is 13.2 Å². The van der Waals surface area contributed by atoms with Crippen molar-refractivity contribution in [2.45, 2.75) is 16.9 Å². The molecule has 0 spiro atoms. The van der Waals surface area contributed by atoms with Crippen LogP contribution in [0.3, 0.4) is 0 Å². The lowest BCUT2D eigenvalue weighted by Gasteiger charge is -2.33. The summed E-state index contributed by atoms with van der Waals surface area (Å²) in [4.78, 5) is 23.2. The molecular weight excluding hydrogens is 356 g/mol. The Morgan fingerprint density at radius 2 is 1.15 bits per heavy atom. The summed E-state index contributed by atoms with van der Waals surface area (Å²) in [6, 6.07) is 17.5. The van der Waals surface area contributed by atoms with Crippen LogP contribution in [0.4, 0.5) is 9.59 Å². The average Bonchev–Trinajstić information content (AvgIpc) is 2.61. The second-order valence-electron chi connectivity index (χ2n) is 5.57. The average molecular weight is 374 g/mol. The lowest BCUT2D eigenvalue weighted by molar-refractivity contribution is 0.0906. The van der Waals surface area contributed by atoms with Crippen LogP contribution >= 0.6 is 11.8 Å². The topological polar surface area (TPSA) is 71.1 Å². The number of carbonyl (C=O) groups excluding carboxylic acids is 2. The number of carbonyl (C=O) groups is 2. The van der Waals surface area contributed by atoms with E-state index < -0.39 is 12.3 Å². The lowest BCUT2D eigenvalue weighted by Crippen LogP contribution is -2.35. The van der Waals surface area contributed by atoms with Gasteiger partial charge in [0.2, 0.25) is 0 Å². The second kappa shape index (κ2) is 9.15. The third-order valence-corrected chi connectivity index (χ3v) is 5.00.